The van der Waals surface area contributed by atoms with E-state index in [2.05, 4.69) is 16.8 Å². The van der Waals surface area contributed by atoms with E-state index in [0.717, 1.165) is 5.56 Å². The average Bonchev–Trinajstić information content (AvgIpc) is 2.03. The Kier molecular flexibility index (Phi) is 6.54. The van der Waals surface area contributed by atoms with E-state index in [9.17, 15) is 0 Å². The van der Waals surface area contributed by atoms with E-state index in [-0.39, 0.29) is 15.8 Å². The third kappa shape index (κ3) is 4.81. The van der Waals surface area contributed by atoms with Crippen LogP contribution in [0.5, 0.6) is 0 Å². The number of pyridine rings is 1. The third-order valence-corrected chi connectivity index (χ3v) is 1.41. The molecule has 1 nitrogen and oxygen atoms in total. The molecule has 0 spiro atoms. The van der Waals surface area contributed by atoms with Gasteiger partial charge in [-0.2, -0.15) is 0 Å². The van der Waals surface area contributed by atoms with Crippen LogP contribution in [0.15, 0.2) is 24.5 Å². The lowest BCUT2D eigenvalue weighted by Gasteiger charge is -1.86. The van der Waals surface area contributed by atoms with Crippen molar-refractivity contribution < 1.29 is 0 Å². The molecule has 0 aliphatic carbocycles. The molecule has 1 rings (SSSR count). The van der Waals surface area contributed by atoms with Crippen LogP contribution >= 0.6 is 46.6 Å². The third-order valence-electron chi connectivity index (χ3n) is 0.987. The molecule has 4 heteroatoms. The van der Waals surface area contributed by atoms with E-state index in [4.69, 9.17) is 11.6 Å². The van der Waals surface area contributed by atoms with Crippen LogP contribution in [-0.4, -0.2) is 8.37 Å². The van der Waals surface area contributed by atoms with Gasteiger partial charge >= 0.3 is 0 Å². The fourth-order valence-corrected chi connectivity index (χ4v) is 0.785. The monoisotopic (exact) mass is 313 g/mol. The summed E-state index contributed by atoms with van der Waals surface area (Å²) < 4.78 is -0.132. The first-order valence-corrected chi connectivity index (χ1v) is 4.67. The molecule has 0 fully saturated rings. The highest BCUT2D eigenvalue weighted by molar-refractivity contribution is 14.1. The molecular formula is C8H6Cl2IN. The van der Waals surface area contributed by atoms with Gasteiger partial charge in [-0.15, -0.1) is 12.4 Å². The molecule has 0 aliphatic heterocycles. The molecule has 0 bridgehead atoms. The van der Waals surface area contributed by atoms with Crippen molar-refractivity contribution >= 4 is 46.6 Å². The molecule has 0 amide bonds. The van der Waals surface area contributed by atoms with Gasteiger partial charge in [-0.1, -0.05) is 46.0 Å². The Bertz CT molecular complexity index is 276. The summed E-state index contributed by atoms with van der Waals surface area (Å²) >= 11 is 7.66. The Balaban J connectivity index is 0.00000121. The lowest BCUT2D eigenvalue weighted by atomic mass is 10.3. The number of hydrogen-bond acceptors (Lipinski definition) is 1. The van der Waals surface area contributed by atoms with Crippen molar-refractivity contribution in [2.45, 2.75) is 3.38 Å². The van der Waals surface area contributed by atoms with Gasteiger partial charge < -0.3 is 0 Å². The van der Waals surface area contributed by atoms with Gasteiger partial charge in [-0.3, -0.25) is 4.98 Å². The maximum Gasteiger partial charge on any atom is 0.145 e. The first kappa shape index (κ1) is 12.0. The van der Waals surface area contributed by atoms with Crippen LogP contribution in [0, 0.1) is 11.8 Å². The molecule has 0 saturated carbocycles. The van der Waals surface area contributed by atoms with Crippen LogP contribution in [0.1, 0.15) is 5.56 Å². The maximum atomic E-state index is 5.62. The van der Waals surface area contributed by atoms with Crippen LogP contribution < -0.4 is 0 Å². The topological polar surface area (TPSA) is 12.9 Å². The van der Waals surface area contributed by atoms with Gasteiger partial charge in [0, 0.05) is 18.0 Å². The summed E-state index contributed by atoms with van der Waals surface area (Å²) in [7, 11) is 0. The summed E-state index contributed by atoms with van der Waals surface area (Å²) in [5, 5.41) is 0. The summed E-state index contributed by atoms with van der Waals surface area (Å²) in [6.45, 7) is 0. The number of hydrogen-bond donors (Lipinski definition) is 0. The van der Waals surface area contributed by atoms with E-state index in [0.29, 0.717) is 0 Å². The van der Waals surface area contributed by atoms with Crippen LogP contribution in [-0.2, 0) is 0 Å². The molecule has 1 heterocycles. The van der Waals surface area contributed by atoms with Crippen molar-refractivity contribution in [1.82, 2.24) is 4.98 Å². The summed E-state index contributed by atoms with van der Waals surface area (Å²) in [5.74, 6) is 5.72. The van der Waals surface area contributed by atoms with Crippen molar-refractivity contribution in [3.05, 3.63) is 30.1 Å². The molecule has 1 unspecified atom stereocenters. The average molecular weight is 314 g/mol. The molecule has 0 saturated heterocycles. The molecule has 0 aromatic carbocycles. The molecule has 1 aromatic heterocycles. The summed E-state index contributed by atoms with van der Waals surface area (Å²) in [4.78, 5) is 3.91. The highest BCUT2D eigenvalue weighted by Crippen LogP contribution is 2.03. The smallest absolute Gasteiger partial charge is 0.145 e. The van der Waals surface area contributed by atoms with E-state index in [1.807, 2.05) is 34.7 Å². The number of rotatable bonds is 0. The molecule has 0 radical (unpaired) electrons. The number of aromatic nitrogens is 1. The summed E-state index contributed by atoms with van der Waals surface area (Å²) in [5.41, 5.74) is 0.898. The van der Waals surface area contributed by atoms with Crippen LogP contribution in [0.4, 0.5) is 0 Å². The highest BCUT2D eigenvalue weighted by atomic mass is 127. The molecule has 0 aliphatic rings. The second-order valence-electron chi connectivity index (χ2n) is 1.81. The molecule has 12 heavy (non-hydrogen) atoms. The minimum absolute atomic E-state index is 0. The van der Waals surface area contributed by atoms with Gasteiger partial charge in [0.05, 0.1) is 0 Å². The zero-order valence-electron chi connectivity index (χ0n) is 6.00. The van der Waals surface area contributed by atoms with Crippen molar-refractivity contribution in [1.29, 1.82) is 0 Å². The lowest BCUT2D eigenvalue weighted by molar-refractivity contribution is 1.31. The zero-order chi connectivity index (χ0) is 8.10. The zero-order valence-corrected chi connectivity index (χ0v) is 9.73. The Morgan fingerprint density at radius 1 is 1.58 bits per heavy atom. The van der Waals surface area contributed by atoms with E-state index < -0.39 is 0 Å². The predicted molar refractivity (Wildman–Crippen MR) is 62.0 cm³/mol. The normalized spacial score (nSPS) is 10.5. The van der Waals surface area contributed by atoms with Crippen LogP contribution in [0.25, 0.3) is 0 Å². The largest absolute Gasteiger partial charge is 0.263 e. The lowest BCUT2D eigenvalue weighted by Crippen LogP contribution is -1.78. The highest BCUT2D eigenvalue weighted by Gasteiger charge is 1.87. The quantitative estimate of drug-likeness (QED) is 0.408. The van der Waals surface area contributed by atoms with Crippen LogP contribution in [0.3, 0.4) is 0 Å². The van der Waals surface area contributed by atoms with Gasteiger partial charge in [-0.25, -0.2) is 0 Å². The number of halogens is 3. The summed E-state index contributed by atoms with van der Waals surface area (Å²) in [6, 6.07) is 3.75. The molecule has 1 atom stereocenters. The Labute approximate surface area is 96.5 Å². The number of alkyl halides is 2. The minimum Gasteiger partial charge on any atom is -0.263 e. The van der Waals surface area contributed by atoms with Gasteiger partial charge in [0.1, 0.15) is 3.38 Å². The SMILES string of the molecule is Cl.ClC(I)C#Cc1cccnc1. The standard InChI is InChI=1S/C8H5ClIN.ClH/c9-8(10)4-3-7-2-1-5-11-6-7;/h1-2,5-6,8H;1H. The Hall–Kier alpha value is 0.0200. The Morgan fingerprint density at radius 2 is 2.33 bits per heavy atom. The maximum absolute atomic E-state index is 5.62. The van der Waals surface area contributed by atoms with Crippen LogP contribution in [0.2, 0.25) is 0 Å². The van der Waals surface area contributed by atoms with Gasteiger partial charge in [0.2, 0.25) is 0 Å². The molecule has 64 valence electrons. The summed E-state index contributed by atoms with van der Waals surface area (Å²) in [6.07, 6.45) is 3.43. The van der Waals surface area contributed by atoms with Crippen molar-refractivity contribution in [3.8, 4) is 11.8 Å². The number of nitrogens with zero attached hydrogens (tertiary/aromatic N) is 1. The fourth-order valence-electron chi connectivity index (χ4n) is 0.575. The first-order valence-electron chi connectivity index (χ1n) is 2.99. The molecule has 1 aromatic rings. The van der Waals surface area contributed by atoms with Gasteiger partial charge in [-0.05, 0) is 12.1 Å². The van der Waals surface area contributed by atoms with Crippen molar-refractivity contribution in [2.24, 2.45) is 0 Å². The predicted octanol–water partition coefficient (Wildman–Crippen LogP) is 2.85. The molecular weight excluding hydrogens is 308 g/mol. The van der Waals surface area contributed by atoms with Gasteiger partial charge in [0.25, 0.3) is 0 Å². The second kappa shape index (κ2) is 6.53. The van der Waals surface area contributed by atoms with Gasteiger partial charge in [0.15, 0.2) is 0 Å². The van der Waals surface area contributed by atoms with Crippen molar-refractivity contribution in [2.75, 3.05) is 0 Å². The van der Waals surface area contributed by atoms with E-state index in [1.165, 1.54) is 0 Å². The minimum atomic E-state index is -0.132. The van der Waals surface area contributed by atoms with E-state index in [1.54, 1.807) is 12.4 Å². The van der Waals surface area contributed by atoms with Crippen molar-refractivity contribution in [3.63, 3.8) is 0 Å². The van der Waals surface area contributed by atoms with E-state index >= 15 is 0 Å². The molecule has 0 N–H and O–H groups in total. The fraction of sp³-hybridized carbons (Fsp3) is 0.125. The first-order chi connectivity index (χ1) is 5.29. The Morgan fingerprint density at radius 3 is 2.83 bits per heavy atom. The second-order valence-corrected chi connectivity index (χ2v) is 4.23.